The Balaban J connectivity index is 1.74. The molecule has 1 amide bonds. The van der Waals surface area contributed by atoms with Gasteiger partial charge in [-0.2, -0.15) is 0 Å². The zero-order chi connectivity index (χ0) is 12.2. The van der Waals surface area contributed by atoms with E-state index in [0.717, 1.165) is 18.8 Å². The largest absolute Gasteiger partial charge is 0.352 e. The molecule has 4 bridgehead atoms. The normalized spacial score (nSPS) is 49.1. The van der Waals surface area contributed by atoms with Crippen LogP contribution in [0.25, 0.3) is 0 Å². The lowest BCUT2D eigenvalue weighted by atomic mass is 9.53. The van der Waals surface area contributed by atoms with Gasteiger partial charge in [0.2, 0.25) is 5.91 Å². The van der Waals surface area contributed by atoms with Crippen LogP contribution in [0.2, 0.25) is 0 Å². The fraction of sp³-hybridized carbons (Fsp3) is 0.923. The molecule has 17 heavy (non-hydrogen) atoms. The molecule has 4 heteroatoms. The van der Waals surface area contributed by atoms with Crippen LogP contribution >= 0.6 is 27.5 Å². The molecule has 96 valence electrons. The summed E-state index contributed by atoms with van der Waals surface area (Å²) in [7, 11) is 0. The van der Waals surface area contributed by atoms with Crippen molar-refractivity contribution in [3.63, 3.8) is 0 Å². The summed E-state index contributed by atoms with van der Waals surface area (Å²) >= 11 is 10.0. The molecule has 0 aromatic rings. The number of carbonyl (C=O) groups is 1. The third kappa shape index (κ3) is 2.14. The number of alkyl halides is 2. The summed E-state index contributed by atoms with van der Waals surface area (Å²) in [5.41, 5.74) is 0. The first kappa shape index (κ1) is 12.3. The zero-order valence-electron chi connectivity index (χ0n) is 10.1. The van der Waals surface area contributed by atoms with Gasteiger partial charge in [0.15, 0.2) is 0 Å². The van der Waals surface area contributed by atoms with Crippen molar-refractivity contribution in [2.45, 2.75) is 54.8 Å². The number of nitrogens with one attached hydrogen (secondary N) is 1. The maximum absolute atomic E-state index is 11.8. The lowest BCUT2D eigenvalue weighted by Gasteiger charge is -2.57. The Morgan fingerprint density at radius 1 is 1.35 bits per heavy atom. The van der Waals surface area contributed by atoms with E-state index in [9.17, 15) is 4.79 Å². The standard InChI is InChI=1S/C13H19BrClNO/c1-7(14)12(17)16-11-9-2-8-3-10(11)6-13(15,4-8)5-9/h7-11H,2-6H2,1H3,(H,16,17)/t7-,8?,9-,10-,11?,13?/m0/s1. The fourth-order valence-corrected chi connectivity index (χ4v) is 5.19. The first-order valence-electron chi connectivity index (χ1n) is 6.60. The van der Waals surface area contributed by atoms with E-state index in [0.29, 0.717) is 17.9 Å². The molecule has 4 fully saturated rings. The Bertz CT molecular complexity index is 330. The fourth-order valence-electron chi connectivity index (χ4n) is 4.44. The number of amides is 1. The highest BCUT2D eigenvalue weighted by atomic mass is 79.9. The van der Waals surface area contributed by atoms with Crippen LogP contribution in [-0.2, 0) is 4.79 Å². The third-order valence-electron chi connectivity index (χ3n) is 4.87. The minimum Gasteiger partial charge on any atom is -0.352 e. The van der Waals surface area contributed by atoms with E-state index >= 15 is 0 Å². The van der Waals surface area contributed by atoms with Crippen molar-refractivity contribution >= 4 is 33.4 Å². The van der Waals surface area contributed by atoms with E-state index in [-0.39, 0.29) is 15.6 Å². The minimum absolute atomic E-state index is 0.0672. The van der Waals surface area contributed by atoms with Crippen molar-refractivity contribution in [2.24, 2.45) is 17.8 Å². The van der Waals surface area contributed by atoms with Gasteiger partial charge in [-0.3, -0.25) is 4.79 Å². The lowest BCUT2D eigenvalue weighted by molar-refractivity contribution is -0.123. The molecule has 0 aromatic heterocycles. The minimum atomic E-state index is -0.0929. The van der Waals surface area contributed by atoms with Gasteiger partial charge in [0, 0.05) is 10.9 Å². The Labute approximate surface area is 116 Å². The average Bonchev–Trinajstić information content (AvgIpc) is 2.20. The van der Waals surface area contributed by atoms with Crippen molar-refractivity contribution < 1.29 is 4.79 Å². The second-order valence-corrected chi connectivity index (χ2v) is 8.45. The number of hydrogen-bond acceptors (Lipinski definition) is 1. The van der Waals surface area contributed by atoms with Crippen molar-refractivity contribution in [1.29, 1.82) is 0 Å². The summed E-state index contributed by atoms with van der Waals surface area (Å²) in [5.74, 6) is 2.19. The molecule has 3 atom stereocenters. The monoisotopic (exact) mass is 319 g/mol. The number of halogens is 2. The second-order valence-electron chi connectivity index (χ2n) is 6.27. The first-order valence-corrected chi connectivity index (χ1v) is 7.89. The average molecular weight is 321 g/mol. The van der Waals surface area contributed by atoms with E-state index in [1.807, 2.05) is 6.92 Å². The molecule has 2 nitrogen and oxygen atoms in total. The van der Waals surface area contributed by atoms with Gasteiger partial charge in [0.05, 0.1) is 4.83 Å². The summed E-state index contributed by atoms with van der Waals surface area (Å²) in [4.78, 5) is 11.8. The van der Waals surface area contributed by atoms with Gasteiger partial charge >= 0.3 is 0 Å². The highest BCUT2D eigenvalue weighted by Crippen LogP contribution is 2.58. The summed E-state index contributed by atoms with van der Waals surface area (Å²) in [6, 6.07) is 0.380. The van der Waals surface area contributed by atoms with Gasteiger partial charge in [-0.15, -0.1) is 11.6 Å². The summed E-state index contributed by atoms with van der Waals surface area (Å²) in [6.45, 7) is 1.88. The number of hydrogen-bond donors (Lipinski definition) is 1. The summed E-state index contributed by atoms with van der Waals surface area (Å²) in [6.07, 6.45) is 5.95. The first-order chi connectivity index (χ1) is 7.97. The molecule has 0 heterocycles. The molecule has 1 N–H and O–H groups in total. The van der Waals surface area contributed by atoms with Gasteiger partial charge in [0.25, 0.3) is 0 Å². The van der Waals surface area contributed by atoms with Crippen LogP contribution in [-0.4, -0.2) is 21.7 Å². The van der Waals surface area contributed by atoms with Crippen molar-refractivity contribution in [1.82, 2.24) is 5.32 Å². The summed E-state index contributed by atoms with van der Waals surface area (Å²) in [5, 5.41) is 3.23. The smallest absolute Gasteiger partial charge is 0.233 e. The van der Waals surface area contributed by atoms with Gasteiger partial charge in [-0.05, 0) is 56.8 Å². The molecule has 4 aliphatic rings. The van der Waals surface area contributed by atoms with Gasteiger partial charge in [0.1, 0.15) is 0 Å². The maximum atomic E-state index is 11.8. The lowest BCUT2D eigenvalue weighted by Crippen LogP contribution is -2.60. The molecule has 0 radical (unpaired) electrons. The Morgan fingerprint density at radius 3 is 2.41 bits per heavy atom. The predicted octanol–water partition coefficient (Wildman–Crippen LogP) is 3.07. The van der Waals surface area contributed by atoms with Crippen LogP contribution in [0.15, 0.2) is 0 Å². The van der Waals surface area contributed by atoms with Crippen molar-refractivity contribution in [3.05, 3.63) is 0 Å². The van der Waals surface area contributed by atoms with Crippen LogP contribution in [0.5, 0.6) is 0 Å². The topological polar surface area (TPSA) is 29.1 Å². The molecule has 4 saturated carbocycles. The van der Waals surface area contributed by atoms with Gasteiger partial charge < -0.3 is 5.32 Å². The van der Waals surface area contributed by atoms with Crippen LogP contribution < -0.4 is 5.32 Å². The summed E-state index contributed by atoms with van der Waals surface area (Å²) < 4.78 is 0. The van der Waals surface area contributed by atoms with E-state index < -0.39 is 0 Å². The maximum Gasteiger partial charge on any atom is 0.233 e. The highest BCUT2D eigenvalue weighted by molar-refractivity contribution is 9.10. The predicted molar refractivity (Wildman–Crippen MR) is 72.5 cm³/mol. The van der Waals surface area contributed by atoms with E-state index in [2.05, 4.69) is 21.2 Å². The molecule has 0 aliphatic heterocycles. The quantitative estimate of drug-likeness (QED) is 0.778. The van der Waals surface area contributed by atoms with Crippen LogP contribution in [0.4, 0.5) is 0 Å². The molecule has 4 rings (SSSR count). The third-order valence-corrected chi connectivity index (χ3v) is 5.75. The highest BCUT2D eigenvalue weighted by Gasteiger charge is 2.54. The Kier molecular flexibility index (Phi) is 2.98. The van der Waals surface area contributed by atoms with Crippen LogP contribution in [0.1, 0.15) is 39.0 Å². The van der Waals surface area contributed by atoms with E-state index in [1.54, 1.807) is 0 Å². The second kappa shape index (κ2) is 4.12. The van der Waals surface area contributed by atoms with E-state index in [1.165, 1.54) is 19.3 Å². The van der Waals surface area contributed by atoms with E-state index in [4.69, 9.17) is 11.6 Å². The molecule has 4 aliphatic carbocycles. The molecule has 0 aromatic carbocycles. The number of rotatable bonds is 2. The zero-order valence-corrected chi connectivity index (χ0v) is 12.4. The Morgan fingerprint density at radius 2 is 1.94 bits per heavy atom. The molecule has 0 saturated heterocycles. The molecular formula is C13H19BrClNO. The van der Waals surface area contributed by atoms with Crippen LogP contribution in [0, 0.1) is 17.8 Å². The number of carbonyl (C=O) groups excluding carboxylic acids is 1. The van der Waals surface area contributed by atoms with Crippen molar-refractivity contribution in [2.75, 3.05) is 0 Å². The Hall–Kier alpha value is 0.240. The SMILES string of the molecule is C[C@H](Br)C(=O)NC1[C@H]2CC3C[C@H]1CC(Cl)(C3)C2. The van der Waals surface area contributed by atoms with Gasteiger partial charge in [-0.25, -0.2) is 0 Å². The molecular weight excluding hydrogens is 302 g/mol. The van der Waals surface area contributed by atoms with Crippen molar-refractivity contribution in [3.8, 4) is 0 Å². The van der Waals surface area contributed by atoms with Crippen LogP contribution in [0.3, 0.4) is 0 Å². The van der Waals surface area contributed by atoms with Gasteiger partial charge in [-0.1, -0.05) is 15.9 Å². The molecule has 0 spiro atoms. The molecule has 0 unspecified atom stereocenters.